The Labute approximate surface area is 98.6 Å². The average Bonchev–Trinajstić information content (AvgIpc) is 2.63. The summed E-state index contributed by atoms with van der Waals surface area (Å²) in [5.74, 6) is 0. The van der Waals surface area contributed by atoms with E-state index < -0.39 is 0 Å². The Balaban J connectivity index is 2.30. The molecule has 1 rings (SSSR count). The van der Waals surface area contributed by atoms with Gasteiger partial charge in [0, 0.05) is 21.7 Å². The lowest BCUT2D eigenvalue weighted by Crippen LogP contribution is -2.07. The van der Waals surface area contributed by atoms with Gasteiger partial charge in [0.25, 0.3) is 0 Å². The van der Waals surface area contributed by atoms with Gasteiger partial charge in [-0.15, -0.1) is 11.3 Å². The average molecular weight is 277 g/mol. The van der Waals surface area contributed by atoms with Gasteiger partial charge in [0.2, 0.25) is 0 Å². The van der Waals surface area contributed by atoms with Crippen LogP contribution >= 0.6 is 27.3 Å². The molecule has 1 aromatic rings. The van der Waals surface area contributed by atoms with Crippen molar-refractivity contribution >= 4 is 27.3 Å². The maximum atomic E-state index is 5.07. The van der Waals surface area contributed by atoms with Crippen LogP contribution < -0.4 is 0 Å². The summed E-state index contributed by atoms with van der Waals surface area (Å²) < 4.78 is 5.07. The Morgan fingerprint density at radius 3 is 2.71 bits per heavy atom. The van der Waals surface area contributed by atoms with Crippen molar-refractivity contribution in [1.29, 1.82) is 0 Å². The standard InChI is InChI=1S/C11H17BrOS/c1-3-10-6-7-11(14-10)5-4-9(12)8-13-2/h6-7,9H,3-5,8H2,1-2H3. The Kier molecular flexibility index (Phi) is 5.75. The first-order valence-electron chi connectivity index (χ1n) is 4.96. The zero-order chi connectivity index (χ0) is 10.4. The molecule has 0 aliphatic carbocycles. The summed E-state index contributed by atoms with van der Waals surface area (Å²) in [5, 5.41) is 0. The summed E-state index contributed by atoms with van der Waals surface area (Å²) in [7, 11) is 1.74. The minimum Gasteiger partial charge on any atom is -0.384 e. The molecule has 80 valence electrons. The van der Waals surface area contributed by atoms with E-state index in [4.69, 9.17) is 4.74 Å². The molecule has 1 unspecified atom stereocenters. The number of thiophene rings is 1. The molecule has 1 nitrogen and oxygen atoms in total. The van der Waals surface area contributed by atoms with Crippen molar-refractivity contribution in [2.24, 2.45) is 0 Å². The monoisotopic (exact) mass is 276 g/mol. The molecular formula is C11H17BrOS. The van der Waals surface area contributed by atoms with E-state index in [0.29, 0.717) is 4.83 Å². The Hall–Kier alpha value is 0.140. The number of aryl methyl sites for hydroxylation is 2. The van der Waals surface area contributed by atoms with Crippen LogP contribution in [0.1, 0.15) is 23.1 Å². The van der Waals surface area contributed by atoms with Gasteiger partial charge >= 0.3 is 0 Å². The summed E-state index contributed by atoms with van der Waals surface area (Å²) in [6.45, 7) is 3.00. The van der Waals surface area contributed by atoms with Gasteiger partial charge in [-0.3, -0.25) is 0 Å². The number of halogens is 1. The normalized spacial score (nSPS) is 13.1. The summed E-state index contributed by atoms with van der Waals surface area (Å²) in [4.78, 5) is 3.46. The van der Waals surface area contributed by atoms with E-state index in [0.717, 1.165) is 25.9 Å². The molecule has 0 saturated heterocycles. The Morgan fingerprint density at radius 1 is 1.43 bits per heavy atom. The highest BCUT2D eigenvalue weighted by Crippen LogP contribution is 2.20. The first-order chi connectivity index (χ1) is 6.76. The molecule has 1 aromatic heterocycles. The molecule has 3 heteroatoms. The first-order valence-corrected chi connectivity index (χ1v) is 6.70. The van der Waals surface area contributed by atoms with Crippen LogP contribution in [0.3, 0.4) is 0 Å². The molecule has 0 saturated carbocycles. The van der Waals surface area contributed by atoms with E-state index in [-0.39, 0.29) is 0 Å². The molecule has 0 aliphatic heterocycles. The minimum absolute atomic E-state index is 0.486. The fourth-order valence-corrected chi connectivity index (χ4v) is 2.78. The van der Waals surface area contributed by atoms with E-state index in [1.165, 1.54) is 9.75 Å². The van der Waals surface area contributed by atoms with E-state index in [1.807, 2.05) is 11.3 Å². The third kappa shape index (κ3) is 4.11. The van der Waals surface area contributed by atoms with E-state index in [1.54, 1.807) is 7.11 Å². The molecule has 0 aromatic carbocycles. The summed E-state index contributed by atoms with van der Waals surface area (Å²) >= 11 is 5.53. The van der Waals surface area contributed by atoms with Crippen LogP contribution in [0.4, 0.5) is 0 Å². The van der Waals surface area contributed by atoms with Gasteiger partial charge in [-0.05, 0) is 31.4 Å². The third-order valence-corrected chi connectivity index (χ3v) is 4.13. The summed E-state index contributed by atoms with van der Waals surface area (Å²) in [6.07, 6.45) is 3.46. The number of hydrogen-bond donors (Lipinski definition) is 0. The van der Waals surface area contributed by atoms with Crippen molar-refractivity contribution in [3.05, 3.63) is 21.9 Å². The van der Waals surface area contributed by atoms with Gasteiger partial charge in [0.05, 0.1) is 6.61 Å². The van der Waals surface area contributed by atoms with Gasteiger partial charge in [-0.1, -0.05) is 22.9 Å². The van der Waals surface area contributed by atoms with Gasteiger partial charge in [0.15, 0.2) is 0 Å². The molecule has 0 bridgehead atoms. The summed E-state index contributed by atoms with van der Waals surface area (Å²) in [6, 6.07) is 4.48. The molecule has 0 fully saturated rings. The maximum Gasteiger partial charge on any atom is 0.0587 e. The van der Waals surface area contributed by atoms with Gasteiger partial charge in [0.1, 0.15) is 0 Å². The lowest BCUT2D eigenvalue weighted by molar-refractivity contribution is 0.198. The number of ether oxygens (including phenoxy) is 1. The van der Waals surface area contributed by atoms with Crippen LogP contribution in [0.25, 0.3) is 0 Å². The highest BCUT2D eigenvalue weighted by molar-refractivity contribution is 9.09. The van der Waals surface area contributed by atoms with Crippen LogP contribution in [-0.4, -0.2) is 18.5 Å². The number of rotatable bonds is 6. The van der Waals surface area contributed by atoms with Crippen LogP contribution in [0.5, 0.6) is 0 Å². The SMILES string of the molecule is CCc1ccc(CCC(Br)COC)s1. The molecule has 0 radical (unpaired) electrons. The Morgan fingerprint density at radius 2 is 2.14 bits per heavy atom. The molecule has 0 spiro atoms. The number of methoxy groups -OCH3 is 1. The van der Waals surface area contributed by atoms with Crippen molar-refractivity contribution in [2.75, 3.05) is 13.7 Å². The van der Waals surface area contributed by atoms with Crippen molar-refractivity contribution in [3.63, 3.8) is 0 Å². The van der Waals surface area contributed by atoms with Crippen molar-refractivity contribution in [2.45, 2.75) is 31.0 Å². The quantitative estimate of drug-likeness (QED) is 0.721. The molecule has 1 heterocycles. The fraction of sp³-hybridized carbons (Fsp3) is 0.636. The predicted octanol–water partition coefficient (Wildman–Crippen LogP) is 3.65. The van der Waals surface area contributed by atoms with Gasteiger partial charge < -0.3 is 4.74 Å². The van der Waals surface area contributed by atoms with Crippen molar-refractivity contribution in [1.82, 2.24) is 0 Å². The van der Waals surface area contributed by atoms with Crippen LogP contribution in [0.2, 0.25) is 0 Å². The van der Waals surface area contributed by atoms with Crippen LogP contribution in [0.15, 0.2) is 12.1 Å². The number of hydrogen-bond acceptors (Lipinski definition) is 2. The molecule has 14 heavy (non-hydrogen) atoms. The first kappa shape index (κ1) is 12.2. The lowest BCUT2D eigenvalue weighted by Gasteiger charge is -2.06. The van der Waals surface area contributed by atoms with Crippen LogP contribution in [-0.2, 0) is 17.6 Å². The highest BCUT2D eigenvalue weighted by Gasteiger charge is 2.05. The van der Waals surface area contributed by atoms with Crippen molar-refractivity contribution in [3.8, 4) is 0 Å². The Bertz CT molecular complexity index is 260. The van der Waals surface area contributed by atoms with Crippen molar-refractivity contribution < 1.29 is 4.74 Å². The van der Waals surface area contributed by atoms with Gasteiger partial charge in [-0.2, -0.15) is 0 Å². The van der Waals surface area contributed by atoms with E-state index >= 15 is 0 Å². The molecule has 0 N–H and O–H groups in total. The minimum atomic E-state index is 0.486. The fourth-order valence-electron chi connectivity index (χ4n) is 1.31. The number of alkyl halides is 1. The predicted molar refractivity (Wildman–Crippen MR) is 66.6 cm³/mol. The molecule has 0 amide bonds. The second-order valence-electron chi connectivity index (χ2n) is 3.31. The molecule has 0 aliphatic rings. The van der Waals surface area contributed by atoms with Crippen LogP contribution in [0, 0.1) is 0 Å². The van der Waals surface area contributed by atoms with E-state index in [9.17, 15) is 0 Å². The van der Waals surface area contributed by atoms with Gasteiger partial charge in [-0.25, -0.2) is 0 Å². The largest absolute Gasteiger partial charge is 0.384 e. The second-order valence-corrected chi connectivity index (χ2v) is 5.86. The maximum absolute atomic E-state index is 5.07. The second kappa shape index (κ2) is 6.59. The third-order valence-electron chi connectivity index (χ3n) is 2.12. The lowest BCUT2D eigenvalue weighted by atomic mass is 10.2. The smallest absolute Gasteiger partial charge is 0.0587 e. The van der Waals surface area contributed by atoms with E-state index in [2.05, 4.69) is 35.0 Å². The summed E-state index contributed by atoms with van der Waals surface area (Å²) in [5.41, 5.74) is 0. The molecular weight excluding hydrogens is 260 g/mol. The molecule has 1 atom stereocenters. The zero-order valence-corrected chi connectivity index (χ0v) is 11.2. The highest BCUT2D eigenvalue weighted by atomic mass is 79.9. The zero-order valence-electron chi connectivity index (χ0n) is 8.75. The topological polar surface area (TPSA) is 9.23 Å².